The third-order valence-corrected chi connectivity index (χ3v) is 12.3. The monoisotopic (exact) mass is 2130 g/mol. The van der Waals surface area contributed by atoms with Crippen molar-refractivity contribution >= 4 is 55.9 Å². The summed E-state index contributed by atoms with van der Waals surface area (Å²) in [5, 5.41) is 8.24. The molecule has 0 aromatic carbocycles. The Labute approximate surface area is 881 Å². The van der Waals surface area contributed by atoms with Crippen LogP contribution in [0.5, 0.6) is 0 Å². The molecule has 1 unspecified atom stereocenters. The van der Waals surface area contributed by atoms with Crippen molar-refractivity contribution in [3.63, 3.8) is 0 Å². The predicted octanol–water partition coefficient (Wildman–Crippen LogP) is 25.3. The molecule has 0 aliphatic rings. The van der Waals surface area contributed by atoms with Crippen LogP contribution in [0.25, 0.3) is 5.41 Å². The summed E-state index contributed by atoms with van der Waals surface area (Å²) < 4.78 is 0. The van der Waals surface area contributed by atoms with Crippen molar-refractivity contribution in [1.29, 1.82) is 0 Å². The van der Waals surface area contributed by atoms with Gasteiger partial charge in [0.15, 0.2) is 0 Å². The Morgan fingerprint density at radius 3 is 0.705 bits per heavy atom. The second kappa shape index (κ2) is 152. The van der Waals surface area contributed by atoms with Gasteiger partial charge in [-0.15, -0.1) is 105 Å². The number of aliphatic imine (C=N–C) groups is 8. The Hall–Kier alpha value is -7.11. The summed E-state index contributed by atoms with van der Waals surface area (Å²) in [5.74, 6) is 0.626. The van der Waals surface area contributed by atoms with Gasteiger partial charge in [0.2, 0.25) is 0 Å². The van der Waals surface area contributed by atoms with Crippen LogP contribution >= 0.6 is 0 Å². The second-order valence-electron chi connectivity index (χ2n) is 24.3. The molecule has 129 heavy (non-hydrogen) atoms. The molecule has 9 heterocycles. The average molecular weight is 2130 g/mol. The van der Waals surface area contributed by atoms with Gasteiger partial charge in [0.1, 0.15) is 0 Å². The molecule has 727 valence electrons. The summed E-state index contributed by atoms with van der Waals surface area (Å²) in [6.45, 7) is 72.0. The quantitative estimate of drug-likeness (QED) is 0.0195. The van der Waals surface area contributed by atoms with E-state index in [0.717, 1.165) is 149 Å². The largest absolute Gasteiger partial charge is 2.00 e. The summed E-state index contributed by atoms with van der Waals surface area (Å²) in [5.41, 5.74) is 8.15. The predicted molar refractivity (Wildman–Crippen MR) is 539 cm³/mol. The zero-order valence-corrected chi connectivity index (χ0v) is 92.0. The normalized spacial score (nSPS) is 9.04. The van der Waals surface area contributed by atoms with Gasteiger partial charge in [-0.25, -0.2) is 6.21 Å². The zero-order valence-electron chi connectivity index (χ0n) is 81.3. The van der Waals surface area contributed by atoms with Crippen LogP contribution in [0.3, 0.4) is 0 Å². The van der Waals surface area contributed by atoms with Crippen molar-refractivity contribution in [2.45, 2.75) is 214 Å². The van der Waals surface area contributed by atoms with Crippen LogP contribution in [-0.4, -0.2) is 108 Å². The number of hydrogen-bond acceptors (Lipinski definition) is 8. The van der Waals surface area contributed by atoms with E-state index in [4.69, 9.17) is 5.41 Å². The molecule has 9 radical (unpaired) electrons. The van der Waals surface area contributed by atoms with Crippen molar-refractivity contribution in [2.24, 2.45) is 45.9 Å². The number of unbranched alkanes of at least 4 members (excludes halogenated alkanes) is 1. The number of allylic oxidation sites excluding steroid dienone is 9. The Kier molecular flexibility index (Phi) is 195. The average Bonchev–Trinajstić information content (AvgIpc) is 1.85. The van der Waals surface area contributed by atoms with Gasteiger partial charge >= 0.3 is 17.1 Å². The fourth-order valence-corrected chi connectivity index (χ4v) is 5.55. The van der Waals surface area contributed by atoms with Gasteiger partial charge in [-0.3, -0.25) is 39.9 Å². The molecule has 9 aromatic rings. The van der Waals surface area contributed by atoms with Gasteiger partial charge < -0.3 is 50.3 Å². The van der Waals surface area contributed by atoms with E-state index in [1.165, 1.54) is 6.42 Å². The molecule has 0 amide bonds. The maximum absolute atomic E-state index is 8.24. The summed E-state index contributed by atoms with van der Waals surface area (Å²) in [6.07, 6.45) is 61.0. The topological polar surface area (TPSA) is 248 Å². The van der Waals surface area contributed by atoms with E-state index < -0.39 is 0 Å². The fourth-order valence-electron chi connectivity index (χ4n) is 5.55. The summed E-state index contributed by atoms with van der Waals surface area (Å²) in [6, 6.07) is 35.0. The van der Waals surface area contributed by atoms with E-state index in [2.05, 4.69) is 241 Å². The molecular formula is C102H158Mn9N18-8. The molecule has 1 atom stereocenters. The van der Waals surface area contributed by atoms with E-state index in [1.807, 2.05) is 198 Å². The standard InChI is InChI=1S/3C9H13N2.2C8H11N2.C7H9N2.2C6H7N2.C5H4N2.8C4H8.C3H6.9Mn/c1-8(2)6-10-7-9-4-3-5-11-9;1-3-8(2)11-7-9-5-4-6-10-9;1-2-3-6-10-8-9-5-4-7-11-9;1-7(2)10-6-8-4-3-5-9-8;1-2-5-9-7-8-4-3-6-10-8;1-2-8-6-7-4-3-5-9-7;2*1-7-5-6-3-2-4-8-6;6-4-5-2-1-3-7-5;8*1-3-4-2;1-3-2;;;;;;;;;/h3-5,7-8H,6H2,1-2H3;4-8H,3H2,1-2H3;4-5,7-8H,2-3,6H2,1H3;3-7H,1-2H3;3-4,6-7H,2,5H2,1H3;3-6H,2H2,1H3;2*2-5H,1H3;1-4H;8*3H,1,4H2,2H3;3H,1H2,2H3;;;;;;;;;/q8*-1;-2;;;;;;;;;;;;;;;;;;+2. The van der Waals surface area contributed by atoms with Crippen LogP contribution in [0.15, 0.2) is 319 Å². The maximum atomic E-state index is 8.24. The van der Waals surface area contributed by atoms with Crippen LogP contribution < -0.4 is 44.9 Å². The van der Waals surface area contributed by atoms with Crippen LogP contribution in [0.4, 0.5) is 0 Å². The zero-order chi connectivity index (χ0) is 92.1. The van der Waals surface area contributed by atoms with Gasteiger partial charge in [0.25, 0.3) is 0 Å². The van der Waals surface area contributed by atoms with E-state index in [9.17, 15) is 0 Å². The van der Waals surface area contributed by atoms with Gasteiger partial charge in [0, 0.05) is 239 Å². The van der Waals surface area contributed by atoms with Gasteiger partial charge in [-0.05, 0) is 111 Å². The first-order valence-electron chi connectivity index (χ1n) is 41.7. The molecule has 0 saturated carbocycles. The van der Waals surface area contributed by atoms with Crippen LogP contribution in [0.2, 0.25) is 0 Å². The van der Waals surface area contributed by atoms with Crippen LogP contribution in [0, 0.1) is 5.92 Å². The Bertz CT molecular complexity index is 3490. The van der Waals surface area contributed by atoms with Gasteiger partial charge in [0.05, 0.1) is 0 Å². The summed E-state index contributed by atoms with van der Waals surface area (Å²) in [4.78, 5) is 68.6. The van der Waals surface area contributed by atoms with Gasteiger partial charge in [-0.2, -0.15) is 61.5 Å². The summed E-state index contributed by atoms with van der Waals surface area (Å²) in [7, 11) is 3.46. The third kappa shape index (κ3) is 155. The fraction of sp³-hybridized carbons (Fsp3) is 0.382. The number of aromatic nitrogens is 9. The first kappa shape index (κ1) is 165. The molecule has 27 heteroatoms. The van der Waals surface area contributed by atoms with Crippen molar-refractivity contribution in [3.05, 3.63) is 336 Å². The first-order valence-corrected chi connectivity index (χ1v) is 41.7. The minimum atomic E-state index is 0. The van der Waals surface area contributed by atoms with Crippen molar-refractivity contribution in [2.75, 3.05) is 40.3 Å². The number of rotatable bonds is 28. The molecule has 0 aliphatic carbocycles. The number of nitrogens with zero attached hydrogens (tertiary/aromatic N) is 18. The van der Waals surface area contributed by atoms with Crippen LogP contribution in [0.1, 0.15) is 253 Å². The van der Waals surface area contributed by atoms with E-state index in [-0.39, 0.29) is 154 Å². The second-order valence-corrected chi connectivity index (χ2v) is 24.3. The third-order valence-electron chi connectivity index (χ3n) is 12.3. The Morgan fingerprint density at radius 1 is 0.310 bits per heavy atom. The van der Waals surface area contributed by atoms with Crippen molar-refractivity contribution < 1.29 is 154 Å². The molecule has 0 saturated heterocycles. The molecule has 9 rings (SSSR count). The first-order chi connectivity index (χ1) is 58.2. The molecule has 0 fully saturated rings. The van der Waals surface area contributed by atoms with E-state index in [1.54, 1.807) is 113 Å². The molecule has 18 nitrogen and oxygen atoms in total. The molecule has 0 N–H and O–H groups in total. The molecule has 0 aliphatic heterocycles. The smallest absolute Gasteiger partial charge is 0.812 e. The Morgan fingerprint density at radius 2 is 0.527 bits per heavy atom. The molecular weight excluding hydrogens is 1970 g/mol. The molecule has 0 spiro atoms. The van der Waals surface area contributed by atoms with Crippen LogP contribution in [-0.2, 0) is 154 Å². The SMILES string of the molecule is C=CC.C=CCC.C=CCC.C=CCC.C=CCC.C=CCC.C=CCC.C=CCC.C=CCC.CC(C)CN=Cc1ccc[n-]1.CC(C)N=Cc1ccc[n-]1.CCC(C)N=Cc1ccc[n-]1.CCCCN=Cc1ccc[n-]1.CCCN=Cc1ccc[n-]1.CCN=Cc1ccc[n-]1.CN=Cc1ccc[n-]1.CN=Cc1ccc[n-]1.[Mn+2].[Mn].[Mn].[Mn].[Mn].[Mn].[Mn].[Mn].[Mn].[N-]=Cc1ccc[n-]1. The molecule has 9 aromatic heterocycles. The Balaban J connectivity index is -0.0000000638. The molecule has 0 bridgehead atoms. The maximum Gasteiger partial charge on any atom is 2.00 e. The minimum Gasteiger partial charge on any atom is -0.812 e. The van der Waals surface area contributed by atoms with Crippen molar-refractivity contribution in [3.8, 4) is 0 Å². The van der Waals surface area contributed by atoms with E-state index >= 15 is 0 Å². The number of hydrogen-bond donors (Lipinski definition) is 0. The summed E-state index contributed by atoms with van der Waals surface area (Å²) >= 11 is 0. The minimum absolute atomic E-state index is 0. The van der Waals surface area contributed by atoms with Gasteiger partial charge in [-0.1, -0.05) is 260 Å². The van der Waals surface area contributed by atoms with Crippen molar-refractivity contribution in [1.82, 2.24) is 44.9 Å². The van der Waals surface area contributed by atoms with E-state index in [0.29, 0.717) is 23.7 Å².